The highest BCUT2D eigenvalue weighted by molar-refractivity contribution is 5.80. The lowest BCUT2D eigenvalue weighted by Gasteiger charge is -2.28. The molecule has 1 fully saturated rings. The lowest BCUT2D eigenvalue weighted by molar-refractivity contribution is 0.0748. The summed E-state index contributed by atoms with van der Waals surface area (Å²) in [4.78, 5) is 4.55. The monoisotopic (exact) mass is 285 g/mol. The quantitative estimate of drug-likeness (QED) is 0.405. The van der Waals surface area contributed by atoms with Crippen molar-refractivity contribution >= 4 is 5.96 Å². The lowest BCUT2D eigenvalue weighted by atomic mass is 9.87. The van der Waals surface area contributed by atoms with Crippen molar-refractivity contribution in [3.8, 4) is 0 Å². The fraction of sp³-hybridized carbons (Fsp3) is 0.933. The Labute approximate surface area is 123 Å². The molecule has 1 aliphatic rings. The molecule has 1 saturated carbocycles. The third kappa shape index (κ3) is 7.70. The van der Waals surface area contributed by atoms with Crippen LogP contribution >= 0.6 is 0 Å². The Morgan fingerprint density at radius 1 is 1.15 bits per heavy atom. The van der Waals surface area contributed by atoms with Crippen LogP contribution < -0.4 is 10.6 Å². The standard InChI is InChI=1S/C15H31N3O2/c1-4-16-15(17-9-10-20-12-11-19-3)18-14-7-5-13(2)6-8-14/h13-14H,4-12H2,1-3H3,(H2,16,17,18). The molecule has 0 aromatic heterocycles. The smallest absolute Gasteiger partial charge is 0.191 e. The van der Waals surface area contributed by atoms with E-state index in [0.29, 0.717) is 32.4 Å². The zero-order chi connectivity index (χ0) is 14.6. The van der Waals surface area contributed by atoms with E-state index >= 15 is 0 Å². The number of hydrogen-bond acceptors (Lipinski definition) is 3. The Hall–Kier alpha value is -0.810. The molecule has 0 amide bonds. The second-order valence-electron chi connectivity index (χ2n) is 5.47. The van der Waals surface area contributed by atoms with E-state index in [2.05, 4.69) is 29.5 Å². The molecule has 5 heteroatoms. The zero-order valence-corrected chi connectivity index (χ0v) is 13.3. The van der Waals surface area contributed by atoms with Gasteiger partial charge in [0, 0.05) is 19.7 Å². The van der Waals surface area contributed by atoms with Crippen molar-refractivity contribution in [2.45, 2.75) is 45.6 Å². The molecular weight excluding hydrogens is 254 g/mol. The van der Waals surface area contributed by atoms with Crippen LogP contribution in [-0.2, 0) is 9.47 Å². The molecule has 2 N–H and O–H groups in total. The van der Waals surface area contributed by atoms with Crippen LogP contribution in [0.2, 0.25) is 0 Å². The molecule has 1 rings (SSSR count). The van der Waals surface area contributed by atoms with E-state index in [4.69, 9.17) is 9.47 Å². The summed E-state index contributed by atoms with van der Waals surface area (Å²) >= 11 is 0. The van der Waals surface area contributed by atoms with Gasteiger partial charge in [-0.2, -0.15) is 0 Å². The van der Waals surface area contributed by atoms with E-state index in [1.54, 1.807) is 7.11 Å². The molecule has 20 heavy (non-hydrogen) atoms. The van der Waals surface area contributed by atoms with Crippen LogP contribution in [0.3, 0.4) is 0 Å². The average Bonchev–Trinajstić information content (AvgIpc) is 2.45. The normalized spacial score (nSPS) is 23.6. The summed E-state index contributed by atoms with van der Waals surface area (Å²) in [5, 5.41) is 6.84. The van der Waals surface area contributed by atoms with Gasteiger partial charge >= 0.3 is 0 Å². The summed E-state index contributed by atoms with van der Waals surface area (Å²) in [7, 11) is 1.68. The molecule has 0 aromatic carbocycles. The highest BCUT2D eigenvalue weighted by Crippen LogP contribution is 2.23. The van der Waals surface area contributed by atoms with E-state index in [9.17, 15) is 0 Å². The summed E-state index contributed by atoms with van der Waals surface area (Å²) in [5.74, 6) is 1.80. The minimum Gasteiger partial charge on any atom is -0.382 e. The van der Waals surface area contributed by atoms with Gasteiger partial charge in [0.05, 0.1) is 26.4 Å². The zero-order valence-electron chi connectivity index (χ0n) is 13.3. The maximum Gasteiger partial charge on any atom is 0.191 e. The van der Waals surface area contributed by atoms with Gasteiger partial charge in [0.15, 0.2) is 5.96 Å². The maximum absolute atomic E-state index is 5.42. The molecule has 0 aliphatic heterocycles. The van der Waals surface area contributed by atoms with Crippen molar-refractivity contribution < 1.29 is 9.47 Å². The Bertz CT molecular complexity index is 264. The summed E-state index contributed by atoms with van der Waals surface area (Å²) in [6, 6.07) is 0.568. The minimum atomic E-state index is 0.568. The van der Waals surface area contributed by atoms with Crippen LogP contribution in [0.1, 0.15) is 39.5 Å². The van der Waals surface area contributed by atoms with Crippen molar-refractivity contribution in [1.29, 1.82) is 0 Å². The topological polar surface area (TPSA) is 54.9 Å². The number of guanidine groups is 1. The molecule has 0 saturated heterocycles. The van der Waals surface area contributed by atoms with Crippen molar-refractivity contribution in [3.05, 3.63) is 0 Å². The minimum absolute atomic E-state index is 0.568. The first kappa shape index (κ1) is 17.2. The van der Waals surface area contributed by atoms with Crippen molar-refractivity contribution in [3.63, 3.8) is 0 Å². The number of hydrogen-bond donors (Lipinski definition) is 2. The van der Waals surface area contributed by atoms with E-state index in [1.165, 1.54) is 25.7 Å². The van der Waals surface area contributed by atoms with Crippen molar-refractivity contribution in [1.82, 2.24) is 10.6 Å². The molecule has 118 valence electrons. The number of nitrogens with one attached hydrogen (secondary N) is 2. The van der Waals surface area contributed by atoms with Crippen LogP contribution in [0, 0.1) is 5.92 Å². The van der Waals surface area contributed by atoms with Gasteiger partial charge in [-0.15, -0.1) is 0 Å². The Balaban J connectivity index is 2.24. The molecule has 1 aliphatic carbocycles. The van der Waals surface area contributed by atoms with E-state index in [0.717, 1.165) is 18.4 Å². The van der Waals surface area contributed by atoms with Gasteiger partial charge in [-0.1, -0.05) is 6.92 Å². The fourth-order valence-electron chi connectivity index (χ4n) is 2.38. The molecule has 0 spiro atoms. The Kier molecular flexibility index (Phi) is 9.41. The first-order chi connectivity index (χ1) is 9.76. The van der Waals surface area contributed by atoms with Crippen LogP contribution in [0.5, 0.6) is 0 Å². The molecular formula is C15H31N3O2. The highest BCUT2D eigenvalue weighted by atomic mass is 16.5. The van der Waals surface area contributed by atoms with Crippen LogP contribution in [0.4, 0.5) is 0 Å². The Morgan fingerprint density at radius 2 is 1.90 bits per heavy atom. The number of methoxy groups -OCH3 is 1. The van der Waals surface area contributed by atoms with Crippen LogP contribution in [-0.4, -0.2) is 52.0 Å². The average molecular weight is 285 g/mol. The van der Waals surface area contributed by atoms with Gasteiger partial charge in [-0.25, -0.2) is 0 Å². The summed E-state index contributed by atoms with van der Waals surface area (Å²) < 4.78 is 10.4. The molecule has 0 heterocycles. The summed E-state index contributed by atoms with van der Waals surface area (Å²) in [5.41, 5.74) is 0. The second kappa shape index (κ2) is 10.9. The maximum atomic E-state index is 5.42. The first-order valence-corrected chi connectivity index (χ1v) is 7.87. The SMILES string of the molecule is CCNC(=NCCOCCOC)NC1CCC(C)CC1. The largest absolute Gasteiger partial charge is 0.382 e. The first-order valence-electron chi connectivity index (χ1n) is 7.87. The number of aliphatic imine (C=N–C) groups is 1. The third-order valence-corrected chi connectivity index (χ3v) is 3.64. The van der Waals surface area contributed by atoms with Gasteiger partial charge in [-0.05, 0) is 38.5 Å². The van der Waals surface area contributed by atoms with Crippen molar-refractivity contribution in [2.75, 3.05) is 40.0 Å². The molecule has 0 aromatic rings. The molecule has 0 unspecified atom stereocenters. The van der Waals surface area contributed by atoms with Crippen molar-refractivity contribution in [2.24, 2.45) is 10.9 Å². The molecule has 0 radical (unpaired) electrons. The van der Waals surface area contributed by atoms with Crippen LogP contribution in [0.25, 0.3) is 0 Å². The van der Waals surface area contributed by atoms with Gasteiger partial charge < -0.3 is 20.1 Å². The highest BCUT2D eigenvalue weighted by Gasteiger charge is 2.18. The number of nitrogens with zero attached hydrogens (tertiary/aromatic N) is 1. The number of rotatable bonds is 8. The molecule has 5 nitrogen and oxygen atoms in total. The van der Waals surface area contributed by atoms with Crippen LogP contribution in [0.15, 0.2) is 4.99 Å². The summed E-state index contributed by atoms with van der Waals surface area (Å²) in [6.45, 7) is 7.92. The third-order valence-electron chi connectivity index (χ3n) is 3.64. The van der Waals surface area contributed by atoms with Gasteiger partial charge in [0.2, 0.25) is 0 Å². The van der Waals surface area contributed by atoms with E-state index in [1.807, 2.05) is 0 Å². The summed E-state index contributed by atoms with van der Waals surface area (Å²) in [6.07, 6.45) is 5.13. The van der Waals surface area contributed by atoms with Gasteiger partial charge in [0.25, 0.3) is 0 Å². The number of ether oxygens (including phenoxy) is 2. The van der Waals surface area contributed by atoms with Gasteiger partial charge in [-0.3, -0.25) is 4.99 Å². The van der Waals surface area contributed by atoms with Gasteiger partial charge in [0.1, 0.15) is 0 Å². The van der Waals surface area contributed by atoms with E-state index in [-0.39, 0.29) is 0 Å². The lowest BCUT2D eigenvalue weighted by Crippen LogP contribution is -2.44. The predicted molar refractivity (Wildman–Crippen MR) is 83.2 cm³/mol. The molecule has 0 bridgehead atoms. The fourth-order valence-corrected chi connectivity index (χ4v) is 2.38. The van der Waals surface area contributed by atoms with E-state index < -0.39 is 0 Å². The molecule has 0 atom stereocenters. The second-order valence-corrected chi connectivity index (χ2v) is 5.47. The predicted octanol–water partition coefficient (Wildman–Crippen LogP) is 1.78. The Morgan fingerprint density at radius 3 is 2.55 bits per heavy atom.